The van der Waals surface area contributed by atoms with Gasteiger partial charge in [-0.05, 0) is 20.8 Å². The fourth-order valence-electron chi connectivity index (χ4n) is 1.17. The molecule has 0 aliphatic rings. The third-order valence-electron chi connectivity index (χ3n) is 2.27. The molecule has 5 nitrogen and oxygen atoms in total. The number of ether oxygens (including phenoxy) is 1. The van der Waals surface area contributed by atoms with E-state index in [1.54, 1.807) is 20.8 Å². The highest BCUT2D eigenvalue weighted by atomic mass is 32.2. The predicted octanol–water partition coefficient (Wildman–Crippen LogP) is 0.739. The Morgan fingerprint density at radius 1 is 1.35 bits per heavy atom. The molecule has 0 radical (unpaired) electrons. The largest absolute Gasteiger partial charge is 0.393 e. The van der Waals surface area contributed by atoms with Crippen molar-refractivity contribution in [2.24, 2.45) is 5.73 Å². The highest BCUT2D eigenvalue weighted by Gasteiger charge is 2.34. The lowest BCUT2D eigenvalue weighted by Gasteiger charge is -2.29. The number of nitrogens with zero attached hydrogens (tertiary/aromatic N) is 1. The van der Waals surface area contributed by atoms with E-state index in [9.17, 15) is 8.42 Å². The summed E-state index contributed by atoms with van der Waals surface area (Å²) in [6, 6.07) is 0. The van der Waals surface area contributed by atoms with Gasteiger partial charge in [-0.2, -0.15) is 4.31 Å². The van der Waals surface area contributed by atoms with Gasteiger partial charge in [-0.3, -0.25) is 0 Å². The smallest absolute Gasteiger partial charge is 0.219 e. The zero-order valence-electron chi connectivity index (χ0n) is 10.9. The molecule has 0 fully saturated rings. The van der Waals surface area contributed by atoms with Gasteiger partial charge in [0.1, 0.15) is 0 Å². The van der Waals surface area contributed by atoms with Crippen molar-refractivity contribution in [2.45, 2.75) is 31.9 Å². The molecule has 102 valence electrons. The van der Waals surface area contributed by atoms with E-state index in [-0.39, 0.29) is 0 Å². The summed E-state index contributed by atoms with van der Waals surface area (Å²) in [5, 5.41) is 0. The second-order valence-electron chi connectivity index (χ2n) is 4.73. The Labute approximate surface area is 109 Å². The Morgan fingerprint density at radius 2 is 1.88 bits per heavy atom. The second kappa shape index (κ2) is 6.63. The van der Waals surface area contributed by atoms with E-state index in [2.05, 4.69) is 0 Å². The van der Waals surface area contributed by atoms with Crippen LogP contribution in [0.3, 0.4) is 0 Å². The second-order valence-corrected chi connectivity index (χ2v) is 7.94. The maximum absolute atomic E-state index is 12.3. The lowest BCUT2D eigenvalue weighted by atomic mass is 10.3. The molecule has 2 N–H and O–H groups in total. The summed E-state index contributed by atoms with van der Waals surface area (Å²) in [4.78, 5) is 0.316. The highest BCUT2D eigenvalue weighted by Crippen LogP contribution is 2.20. The van der Waals surface area contributed by atoms with E-state index in [4.69, 9.17) is 22.7 Å². The molecule has 0 heterocycles. The Balaban J connectivity index is 4.85. The first kappa shape index (κ1) is 16.8. The van der Waals surface area contributed by atoms with Crippen LogP contribution < -0.4 is 5.73 Å². The minimum absolute atomic E-state index is 0.304. The molecule has 0 spiro atoms. The van der Waals surface area contributed by atoms with Gasteiger partial charge in [-0.15, -0.1) is 0 Å². The van der Waals surface area contributed by atoms with E-state index >= 15 is 0 Å². The van der Waals surface area contributed by atoms with Crippen LogP contribution in [-0.4, -0.2) is 49.3 Å². The maximum Gasteiger partial charge on any atom is 0.219 e. The third kappa shape index (κ3) is 5.29. The molecule has 0 aromatic heterocycles. The van der Waals surface area contributed by atoms with Crippen molar-refractivity contribution in [3.05, 3.63) is 0 Å². The molecule has 0 saturated carbocycles. The highest BCUT2D eigenvalue weighted by molar-refractivity contribution is 7.90. The number of nitrogens with two attached hydrogens (primary N) is 1. The van der Waals surface area contributed by atoms with Crippen LogP contribution in [0.4, 0.5) is 0 Å². The van der Waals surface area contributed by atoms with Gasteiger partial charge in [0.15, 0.2) is 0 Å². The summed E-state index contributed by atoms with van der Waals surface area (Å²) in [6.45, 7) is 5.98. The van der Waals surface area contributed by atoms with E-state index in [1.807, 2.05) is 0 Å². The van der Waals surface area contributed by atoms with Crippen LogP contribution in [0.25, 0.3) is 0 Å². The summed E-state index contributed by atoms with van der Waals surface area (Å²) in [6.07, 6.45) is 0.383. The van der Waals surface area contributed by atoms with Crippen LogP contribution in [0.5, 0.6) is 0 Å². The minimum atomic E-state index is -3.37. The van der Waals surface area contributed by atoms with Crippen molar-refractivity contribution in [3.8, 4) is 0 Å². The van der Waals surface area contributed by atoms with Crippen molar-refractivity contribution in [1.29, 1.82) is 0 Å². The molecule has 0 saturated heterocycles. The first-order valence-corrected chi connectivity index (χ1v) is 7.24. The van der Waals surface area contributed by atoms with E-state index in [1.165, 1.54) is 11.4 Å². The number of thiocarbonyl (C=S) groups is 1. The van der Waals surface area contributed by atoms with Gasteiger partial charge in [-0.1, -0.05) is 12.2 Å². The lowest BCUT2D eigenvalue weighted by Crippen LogP contribution is -2.45. The molecule has 0 rings (SSSR count). The van der Waals surface area contributed by atoms with Gasteiger partial charge in [0, 0.05) is 26.6 Å². The standard InChI is InChI=1S/C10H22N2O3S2/c1-10(2,3)17(13,14)12(7-8-15-4)6-5-9(11)16/h5-8H2,1-4H3,(H2,11,16). The summed E-state index contributed by atoms with van der Waals surface area (Å²) in [5.41, 5.74) is 5.40. The topological polar surface area (TPSA) is 72.6 Å². The predicted molar refractivity (Wildman–Crippen MR) is 73.5 cm³/mol. The van der Waals surface area contributed by atoms with Gasteiger partial charge in [0.25, 0.3) is 0 Å². The van der Waals surface area contributed by atoms with Crippen molar-refractivity contribution < 1.29 is 13.2 Å². The van der Waals surface area contributed by atoms with Crippen LogP contribution in [-0.2, 0) is 14.8 Å². The Bertz CT molecular complexity index is 347. The zero-order valence-corrected chi connectivity index (χ0v) is 12.5. The fourth-order valence-corrected chi connectivity index (χ4v) is 2.68. The van der Waals surface area contributed by atoms with Gasteiger partial charge >= 0.3 is 0 Å². The third-order valence-corrected chi connectivity index (χ3v) is 5.06. The van der Waals surface area contributed by atoms with Gasteiger partial charge in [-0.25, -0.2) is 8.42 Å². The molecule has 0 aliphatic heterocycles. The fraction of sp³-hybridized carbons (Fsp3) is 0.900. The van der Waals surface area contributed by atoms with Crippen molar-refractivity contribution in [2.75, 3.05) is 26.8 Å². The summed E-state index contributed by atoms with van der Waals surface area (Å²) < 4.78 is 30.0. The molecule has 0 aliphatic carbocycles. The van der Waals surface area contributed by atoms with Gasteiger partial charge < -0.3 is 10.5 Å². The Morgan fingerprint density at radius 3 is 2.24 bits per heavy atom. The number of hydrogen-bond donors (Lipinski definition) is 1. The number of hydrogen-bond acceptors (Lipinski definition) is 4. The number of methoxy groups -OCH3 is 1. The maximum atomic E-state index is 12.3. The molecule has 0 aromatic carbocycles. The molecule has 0 amide bonds. The normalized spacial score (nSPS) is 13.0. The minimum Gasteiger partial charge on any atom is -0.393 e. The number of sulfonamides is 1. The average molecular weight is 282 g/mol. The molecule has 17 heavy (non-hydrogen) atoms. The lowest BCUT2D eigenvalue weighted by molar-refractivity contribution is 0.179. The first-order valence-electron chi connectivity index (χ1n) is 5.40. The first-order chi connectivity index (χ1) is 7.63. The van der Waals surface area contributed by atoms with Crippen molar-refractivity contribution in [1.82, 2.24) is 4.31 Å². The van der Waals surface area contributed by atoms with Crippen LogP contribution >= 0.6 is 12.2 Å². The average Bonchev–Trinajstić information content (AvgIpc) is 2.15. The quantitative estimate of drug-likeness (QED) is 0.697. The molecular formula is C10H22N2O3S2. The van der Waals surface area contributed by atoms with E-state index in [0.29, 0.717) is 31.1 Å². The molecule has 0 bridgehead atoms. The van der Waals surface area contributed by atoms with Gasteiger partial charge in [0.05, 0.1) is 16.3 Å². The Kier molecular flexibility index (Phi) is 6.53. The molecule has 7 heteroatoms. The molecule has 0 aromatic rings. The van der Waals surface area contributed by atoms with E-state index in [0.717, 1.165) is 0 Å². The summed E-state index contributed by atoms with van der Waals surface area (Å²) >= 11 is 4.77. The SMILES string of the molecule is COCCN(CCC(N)=S)S(=O)(=O)C(C)(C)C. The zero-order chi connectivity index (χ0) is 13.7. The van der Waals surface area contributed by atoms with Crippen LogP contribution in [0.15, 0.2) is 0 Å². The van der Waals surface area contributed by atoms with E-state index < -0.39 is 14.8 Å². The molecular weight excluding hydrogens is 260 g/mol. The van der Waals surface area contributed by atoms with Crippen molar-refractivity contribution >= 4 is 27.2 Å². The number of rotatable bonds is 7. The molecule has 0 unspecified atom stereocenters. The van der Waals surface area contributed by atoms with Crippen molar-refractivity contribution in [3.63, 3.8) is 0 Å². The monoisotopic (exact) mass is 282 g/mol. The summed E-state index contributed by atoms with van der Waals surface area (Å²) in [5.74, 6) is 0. The van der Waals surface area contributed by atoms with Crippen LogP contribution in [0, 0.1) is 0 Å². The van der Waals surface area contributed by atoms with Crippen LogP contribution in [0.2, 0.25) is 0 Å². The van der Waals surface area contributed by atoms with Crippen LogP contribution in [0.1, 0.15) is 27.2 Å². The Hall–Kier alpha value is -0.240. The molecule has 0 atom stereocenters. The van der Waals surface area contributed by atoms with Gasteiger partial charge in [0.2, 0.25) is 10.0 Å². The summed E-state index contributed by atoms with van der Waals surface area (Å²) in [7, 11) is -1.83.